The van der Waals surface area contributed by atoms with Crippen LogP contribution in [0.25, 0.3) is 0 Å². The van der Waals surface area contributed by atoms with Gasteiger partial charge in [-0.15, -0.1) is 0 Å². The van der Waals surface area contributed by atoms with Crippen LogP contribution in [0.3, 0.4) is 0 Å². The largest absolute Gasteiger partial charge is 0.465 e. The van der Waals surface area contributed by atoms with Crippen molar-refractivity contribution in [3.8, 4) is 0 Å². The second kappa shape index (κ2) is 12.2. The highest BCUT2D eigenvalue weighted by Gasteiger charge is 2.60. The Morgan fingerprint density at radius 2 is 1.79 bits per heavy atom. The van der Waals surface area contributed by atoms with Gasteiger partial charge in [-0.25, -0.2) is 4.79 Å². The van der Waals surface area contributed by atoms with Crippen LogP contribution < -0.4 is 4.90 Å². The van der Waals surface area contributed by atoms with Gasteiger partial charge in [0.15, 0.2) is 0 Å². The molecule has 0 aromatic heterocycles. The second-order valence-corrected chi connectivity index (χ2v) is 13.1. The average Bonchev–Trinajstić information content (AvgIpc) is 3.39. The lowest BCUT2D eigenvalue weighted by Gasteiger charge is -2.61. The predicted molar refractivity (Wildman–Crippen MR) is 161 cm³/mol. The third-order valence-corrected chi connectivity index (χ3v) is 10.7. The zero-order valence-corrected chi connectivity index (χ0v) is 25.6. The zero-order chi connectivity index (χ0) is 30.1. The van der Waals surface area contributed by atoms with Gasteiger partial charge in [-0.1, -0.05) is 44.2 Å². The van der Waals surface area contributed by atoms with E-state index >= 15 is 0 Å². The maximum atomic E-state index is 13.0. The summed E-state index contributed by atoms with van der Waals surface area (Å²) in [5.74, 6) is -0.554. The number of anilines is 1. The summed E-state index contributed by atoms with van der Waals surface area (Å²) in [5, 5.41) is 0. The molecule has 0 bridgehead atoms. The van der Waals surface area contributed by atoms with Crippen LogP contribution in [0.2, 0.25) is 0 Å². The van der Waals surface area contributed by atoms with Gasteiger partial charge in [-0.05, 0) is 67.6 Å². The number of carbonyl (C=O) groups excluding carboxylic acids is 3. The summed E-state index contributed by atoms with van der Waals surface area (Å²) in [6, 6.07) is 10.4. The van der Waals surface area contributed by atoms with Crippen LogP contribution in [0.5, 0.6) is 0 Å². The second-order valence-electron chi connectivity index (χ2n) is 13.1. The normalized spacial score (nSPS) is 32.4. The Morgan fingerprint density at radius 1 is 1.07 bits per heavy atom. The fraction of sp³-hybridized carbons (Fsp3) is 0.618. The van der Waals surface area contributed by atoms with Gasteiger partial charge in [0, 0.05) is 57.2 Å². The summed E-state index contributed by atoms with van der Waals surface area (Å²) in [5.41, 5.74) is 2.52. The summed E-state index contributed by atoms with van der Waals surface area (Å²) in [6.45, 7) is 15.9. The van der Waals surface area contributed by atoms with E-state index in [1.54, 1.807) is 0 Å². The summed E-state index contributed by atoms with van der Waals surface area (Å²) < 4.78 is 16.9. The van der Waals surface area contributed by atoms with Crippen LogP contribution in [-0.4, -0.2) is 74.3 Å². The number of piperazine rings is 1. The Morgan fingerprint density at radius 3 is 2.40 bits per heavy atom. The van der Waals surface area contributed by atoms with Crippen molar-refractivity contribution in [1.29, 1.82) is 0 Å². The quantitative estimate of drug-likeness (QED) is 0.244. The molecule has 6 atom stereocenters. The number of rotatable bonds is 8. The highest BCUT2D eigenvalue weighted by molar-refractivity contribution is 5.91. The Hall–Kier alpha value is -3.13. The number of para-hydroxylation sites is 1. The molecule has 2 saturated carbocycles. The number of esters is 3. The van der Waals surface area contributed by atoms with E-state index in [9.17, 15) is 14.4 Å². The molecule has 0 unspecified atom stereocenters. The summed E-state index contributed by atoms with van der Waals surface area (Å²) in [7, 11) is 0. The minimum atomic E-state index is -0.522. The van der Waals surface area contributed by atoms with Crippen molar-refractivity contribution in [2.75, 3.05) is 44.3 Å². The van der Waals surface area contributed by atoms with Crippen LogP contribution >= 0.6 is 0 Å². The van der Waals surface area contributed by atoms with E-state index in [0.717, 1.165) is 57.4 Å². The van der Waals surface area contributed by atoms with Gasteiger partial charge in [-0.2, -0.15) is 0 Å². The summed E-state index contributed by atoms with van der Waals surface area (Å²) in [6.07, 6.45) is 5.72. The van der Waals surface area contributed by atoms with Crippen molar-refractivity contribution in [3.63, 3.8) is 0 Å². The maximum Gasteiger partial charge on any atom is 0.335 e. The number of hydrogen-bond donors (Lipinski definition) is 0. The number of hydrogen-bond acceptors (Lipinski definition) is 8. The van der Waals surface area contributed by atoms with Crippen molar-refractivity contribution in [3.05, 3.63) is 54.1 Å². The maximum absolute atomic E-state index is 13.0. The molecule has 5 rings (SSSR count). The number of allylic oxidation sites excluding steroid dienone is 1. The lowest BCUT2D eigenvalue weighted by Crippen LogP contribution is -2.59. The predicted octanol–water partition coefficient (Wildman–Crippen LogP) is 4.93. The topological polar surface area (TPSA) is 85.4 Å². The molecule has 4 aliphatic rings. The first-order valence-electron chi connectivity index (χ1n) is 15.4. The molecule has 8 heteroatoms. The number of ether oxygens (including phenoxy) is 3. The molecule has 8 nitrogen and oxygen atoms in total. The van der Waals surface area contributed by atoms with E-state index in [-0.39, 0.29) is 53.9 Å². The summed E-state index contributed by atoms with van der Waals surface area (Å²) >= 11 is 0. The number of benzene rings is 1. The van der Waals surface area contributed by atoms with Crippen LogP contribution in [0.15, 0.2) is 54.1 Å². The van der Waals surface area contributed by atoms with E-state index in [4.69, 9.17) is 14.2 Å². The van der Waals surface area contributed by atoms with E-state index in [2.05, 4.69) is 54.5 Å². The molecular formula is C34H46N2O6. The molecule has 0 spiro atoms. The van der Waals surface area contributed by atoms with Crippen LogP contribution in [0.4, 0.5) is 5.69 Å². The van der Waals surface area contributed by atoms with Crippen molar-refractivity contribution < 1.29 is 28.6 Å². The van der Waals surface area contributed by atoms with Crippen LogP contribution in [0, 0.1) is 22.7 Å². The minimum absolute atomic E-state index is 0.0684. The highest BCUT2D eigenvalue weighted by atomic mass is 16.6. The number of nitrogens with zero attached hydrogens (tertiary/aromatic N) is 2. The van der Waals surface area contributed by atoms with Gasteiger partial charge in [0.2, 0.25) is 0 Å². The molecule has 0 radical (unpaired) electrons. The third-order valence-electron chi connectivity index (χ3n) is 10.7. The van der Waals surface area contributed by atoms with Gasteiger partial charge in [-0.3, -0.25) is 14.5 Å². The van der Waals surface area contributed by atoms with E-state index in [1.807, 2.05) is 12.1 Å². The molecular weight excluding hydrogens is 532 g/mol. The minimum Gasteiger partial charge on any atom is -0.465 e. The van der Waals surface area contributed by atoms with Gasteiger partial charge >= 0.3 is 17.9 Å². The number of cyclic esters (lactones) is 1. The highest BCUT2D eigenvalue weighted by Crippen LogP contribution is 2.63. The van der Waals surface area contributed by atoms with Crippen molar-refractivity contribution in [2.24, 2.45) is 22.7 Å². The van der Waals surface area contributed by atoms with E-state index in [1.165, 1.54) is 25.1 Å². The van der Waals surface area contributed by atoms with Crippen LogP contribution in [0.1, 0.15) is 59.8 Å². The lowest BCUT2D eigenvalue weighted by atomic mass is 9.45. The van der Waals surface area contributed by atoms with Crippen molar-refractivity contribution in [1.82, 2.24) is 4.90 Å². The molecule has 1 aromatic rings. The fourth-order valence-electron chi connectivity index (χ4n) is 8.52. The Bertz CT molecular complexity index is 1220. The third kappa shape index (κ3) is 5.87. The van der Waals surface area contributed by atoms with Crippen LogP contribution in [-0.2, 0) is 28.6 Å². The van der Waals surface area contributed by atoms with E-state index < -0.39 is 5.41 Å². The standard InChI is InChI=1S/C34H46N2O6/c1-23-11-12-30-33(4,15-13-31(42-25(3)38)34(30,5)22-41-24(2)37)28(23)21-29(27-14-20-40-32(27)39)36-18-16-35(17-19-36)26-9-7-6-8-10-26/h6-10,14,28-31H,1,11-13,15-22H2,2-5H3/t28-,29-,30+,31-,33+,34+/m1/s1. The molecule has 0 amide bonds. The fourth-order valence-corrected chi connectivity index (χ4v) is 8.52. The zero-order valence-electron chi connectivity index (χ0n) is 25.6. The first-order chi connectivity index (χ1) is 20.0. The monoisotopic (exact) mass is 578 g/mol. The number of carbonyl (C=O) groups is 3. The molecule has 0 N–H and O–H groups in total. The van der Waals surface area contributed by atoms with Gasteiger partial charge in [0.25, 0.3) is 0 Å². The molecule has 2 heterocycles. The van der Waals surface area contributed by atoms with E-state index in [0.29, 0.717) is 13.0 Å². The molecule has 1 aromatic carbocycles. The van der Waals surface area contributed by atoms with Gasteiger partial charge < -0.3 is 19.1 Å². The molecule has 3 fully saturated rings. The Labute approximate surface area is 250 Å². The summed E-state index contributed by atoms with van der Waals surface area (Å²) in [4.78, 5) is 41.9. The molecule has 42 heavy (non-hydrogen) atoms. The Kier molecular flexibility index (Phi) is 8.83. The van der Waals surface area contributed by atoms with Crippen molar-refractivity contribution >= 4 is 23.6 Å². The molecule has 1 saturated heterocycles. The molecule has 228 valence electrons. The van der Waals surface area contributed by atoms with Gasteiger partial charge in [0.05, 0.1) is 5.57 Å². The SMILES string of the molecule is C=C1CC[C@@H]2[C@](C)(COC(C)=O)[C@H](OC(C)=O)CC[C@@]2(C)[C@@H]1C[C@H](C1=CCOC1=O)N1CCN(c2ccccc2)CC1. The molecule has 2 aliphatic carbocycles. The first-order valence-corrected chi connectivity index (χ1v) is 15.4. The van der Waals surface area contributed by atoms with Gasteiger partial charge in [0.1, 0.15) is 19.3 Å². The van der Waals surface area contributed by atoms with Crippen molar-refractivity contribution in [2.45, 2.75) is 71.9 Å². The smallest absolute Gasteiger partial charge is 0.335 e. The molecule has 2 aliphatic heterocycles. The lowest BCUT2D eigenvalue weighted by molar-refractivity contribution is -0.192. The Balaban J connectivity index is 1.42. The average molecular weight is 579 g/mol. The first kappa shape index (κ1) is 30.3. The number of fused-ring (bicyclic) bond motifs is 1.